The Kier molecular flexibility index (Phi) is 5.03. The van der Waals surface area contributed by atoms with Gasteiger partial charge in [0, 0.05) is 6.54 Å². The zero-order valence-electron chi connectivity index (χ0n) is 13.9. The Balaban J connectivity index is 1.48. The summed E-state index contributed by atoms with van der Waals surface area (Å²) in [5, 5.41) is 11.6. The van der Waals surface area contributed by atoms with Gasteiger partial charge in [-0.2, -0.15) is 0 Å². The number of carboxylic acids is 1. The Morgan fingerprint density at radius 2 is 1.72 bits per heavy atom. The van der Waals surface area contributed by atoms with Crippen molar-refractivity contribution in [1.29, 1.82) is 0 Å². The van der Waals surface area contributed by atoms with Crippen molar-refractivity contribution in [3.05, 3.63) is 65.7 Å². The molecule has 2 aromatic carbocycles. The molecule has 5 nitrogen and oxygen atoms in total. The number of nitrogens with one attached hydrogen (secondary N) is 1. The van der Waals surface area contributed by atoms with E-state index in [1.54, 1.807) is 12.1 Å². The number of ether oxygens (including phenoxy) is 1. The summed E-state index contributed by atoms with van der Waals surface area (Å²) in [5.41, 5.74) is 1.82. The average Bonchev–Trinajstić information content (AvgIpc) is 3.44. The smallest absolute Gasteiger partial charge is 0.341 e. The Morgan fingerprint density at radius 1 is 1.04 bits per heavy atom. The van der Waals surface area contributed by atoms with Crippen LogP contribution in [0.15, 0.2) is 54.6 Å². The van der Waals surface area contributed by atoms with E-state index < -0.39 is 5.97 Å². The first-order valence-corrected chi connectivity index (χ1v) is 8.37. The van der Waals surface area contributed by atoms with Crippen LogP contribution < -0.4 is 10.1 Å². The molecular formula is C20H21NO4. The van der Waals surface area contributed by atoms with E-state index in [0.717, 1.165) is 30.4 Å². The molecule has 1 fully saturated rings. The Bertz CT molecular complexity index is 736. The van der Waals surface area contributed by atoms with Gasteiger partial charge in [-0.3, -0.25) is 4.79 Å². The molecule has 0 saturated heterocycles. The van der Waals surface area contributed by atoms with E-state index in [9.17, 15) is 9.59 Å². The zero-order chi connectivity index (χ0) is 17.7. The fraction of sp³-hybridized carbons (Fsp3) is 0.300. The van der Waals surface area contributed by atoms with Crippen molar-refractivity contribution in [2.45, 2.75) is 24.7 Å². The van der Waals surface area contributed by atoms with E-state index in [2.05, 4.69) is 5.32 Å². The number of carbonyl (C=O) groups excluding carboxylic acids is 1. The Hall–Kier alpha value is -2.82. The summed E-state index contributed by atoms with van der Waals surface area (Å²) in [6, 6.07) is 17.2. The molecular weight excluding hydrogens is 318 g/mol. The highest BCUT2D eigenvalue weighted by Gasteiger charge is 2.50. The standard InChI is InChI=1S/C20H21NO4/c22-18(23)14-25-17-8-6-15(7-9-17)10-13-21-19(24)20(11-12-20)16-4-2-1-3-5-16/h1-9H,10-14H2,(H,21,24)(H,22,23). The quantitative estimate of drug-likeness (QED) is 0.775. The highest BCUT2D eigenvalue weighted by Crippen LogP contribution is 2.48. The SMILES string of the molecule is O=C(O)COc1ccc(CCNC(=O)C2(c3ccccc3)CC2)cc1. The minimum Gasteiger partial charge on any atom is -0.482 e. The van der Waals surface area contributed by atoms with Crippen molar-refractivity contribution in [3.8, 4) is 5.75 Å². The minimum atomic E-state index is -1.00. The number of aliphatic carboxylic acids is 1. The predicted octanol–water partition coefficient (Wildman–Crippen LogP) is 2.54. The van der Waals surface area contributed by atoms with Crippen LogP contribution >= 0.6 is 0 Å². The normalized spacial score (nSPS) is 14.6. The van der Waals surface area contributed by atoms with Gasteiger partial charge in [0.25, 0.3) is 0 Å². The van der Waals surface area contributed by atoms with Gasteiger partial charge in [-0.1, -0.05) is 42.5 Å². The maximum absolute atomic E-state index is 12.5. The molecule has 0 atom stereocenters. The van der Waals surface area contributed by atoms with Gasteiger partial charge in [0.15, 0.2) is 6.61 Å². The van der Waals surface area contributed by atoms with E-state index in [1.165, 1.54) is 0 Å². The van der Waals surface area contributed by atoms with Crippen LogP contribution in [0, 0.1) is 0 Å². The summed E-state index contributed by atoms with van der Waals surface area (Å²) >= 11 is 0. The minimum absolute atomic E-state index is 0.0973. The third-order valence-electron chi connectivity index (χ3n) is 4.50. The number of hydrogen-bond acceptors (Lipinski definition) is 3. The van der Waals surface area contributed by atoms with Crippen LogP contribution in [0.1, 0.15) is 24.0 Å². The van der Waals surface area contributed by atoms with Crippen LogP contribution in [0.2, 0.25) is 0 Å². The molecule has 2 aromatic rings. The van der Waals surface area contributed by atoms with Gasteiger partial charge in [0.2, 0.25) is 5.91 Å². The fourth-order valence-corrected chi connectivity index (χ4v) is 2.92. The van der Waals surface area contributed by atoms with E-state index in [-0.39, 0.29) is 17.9 Å². The molecule has 1 aliphatic carbocycles. The Morgan fingerprint density at radius 3 is 2.32 bits per heavy atom. The molecule has 0 heterocycles. The number of benzene rings is 2. The molecule has 1 saturated carbocycles. The summed E-state index contributed by atoms with van der Waals surface area (Å²) < 4.78 is 5.10. The van der Waals surface area contributed by atoms with Crippen molar-refractivity contribution in [2.75, 3.05) is 13.2 Å². The third-order valence-corrected chi connectivity index (χ3v) is 4.50. The molecule has 0 aliphatic heterocycles. The second-order valence-electron chi connectivity index (χ2n) is 6.28. The van der Waals surface area contributed by atoms with Crippen molar-refractivity contribution in [2.24, 2.45) is 0 Å². The summed E-state index contributed by atoms with van der Waals surface area (Å²) in [6.07, 6.45) is 2.52. The number of amides is 1. The van der Waals surface area contributed by atoms with E-state index in [4.69, 9.17) is 9.84 Å². The van der Waals surface area contributed by atoms with E-state index >= 15 is 0 Å². The van der Waals surface area contributed by atoms with Crippen LogP contribution in [0.3, 0.4) is 0 Å². The maximum Gasteiger partial charge on any atom is 0.341 e. The van der Waals surface area contributed by atoms with Crippen molar-refractivity contribution < 1.29 is 19.4 Å². The molecule has 0 spiro atoms. The first-order valence-electron chi connectivity index (χ1n) is 8.37. The van der Waals surface area contributed by atoms with E-state index in [1.807, 2.05) is 42.5 Å². The molecule has 0 bridgehead atoms. The maximum atomic E-state index is 12.5. The lowest BCUT2D eigenvalue weighted by atomic mass is 9.95. The molecule has 0 radical (unpaired) electrons. The number of rotatable bonds is 8. The second kappa shape index (κ2) is 7.38. The second-order valence-corrected chi connectivity index (χ2v) is 6.28. The molecule has 25 heavy (non-hydrogen) atoms. The number of carboxylic acid groups (broad SMARTS) is 1. The lowest BCUT2D eigenvalue weighted by Gasteiger charge is -2.15. The first kappa shape index (κ1) is 17.0. The highest BCUT2D eigenvalue weighted by atomic mass is 16.5. The predicted molar refractivity (Wildman–Crippen MR) is 93.6 cm³/mol. The van der Waals surface area contributed by atoms with Gasteiger partial charge in [-0.25, -0.2) is 4.79 Å². The Labute approximate surface area is 146 Å². The summed E-state index contributed by atoms with van der Waals surface area (Å²) in [5.74, 6) is -0.379. The van der Waals surface area contributed by atoms with Gasteiger partial charge in [0.1, 0.15) is 5.75 Å². The van der Waals surface area contributed by atoms with Gasteiger partial charge in [-0.15, -0.1) is 0 Å². The number of hydrogen-bond donors (Lipinski definition) is 2. The van der Waals surface area contributed by atoms with Crippen molar-refractivity contribution >= 4 is 11.9 Å². The summed E-state index contributed by atoms with van der Waals surface area (Å²) in [4.78, 5) is 23.0. The van der Waals surface area contributed by atoms with Crippen molar-refractivity contribution in [1.82, 2.24) is 5.32 Å². The van der Waals surface area contributed by atoms with Crippen molar-refractivity contribution in [3.63, 3.8) is 0 Å². The van der Waals surface area contributed by atoms with Crippen LogP contribution in [-0.2, 0) is 21.4 Å². The monoisotopic (exact) mass is 339 g/mol. The van der Waals surface area contributed by atoms with Gasteiger partial charge < -0.3 is 15.2 Å². The molecule has 5 heteroatoms. The topological polar surface area (TPSA) is 75.6 Å². The molecule has 130 valence electrons. The number of carbonyl (C=O) groups is 2. The first-order chi connectivity index (χ1) is 12.1. The zero-order valence-corrected chi connectivity index (χ0v) is 13.9. The molecule has 3 rings (SSSR count). The average molecular weight is 339 g/mol. The van der Waals surface area contributed by atoms with Crippen LogP contribution in [-0.4, -0.2) is 30.1 Å². The summed E-state index contributed by atoms with van der Waals surface area (Å²) in [7, 11) is 0. The molecule has 0 aromatic heterocycles. The van der Waals surface area contributed by atoms with Gasteiger partial charge >= 0.3 is 5.97 Å². The molecule has 1 aliphatic rings. The van der Waals surface area contributed by atoms with Crippen LogP contribution in [0.25, 0.3) is 0 Å². The lowest BCUT2D eigenvalue weighted by Crippen LogP contribution is -2.35. The van der Waals surface area contributed by atoms with E-state index in [0.29, 0.717) is 12.3 Å². The molecule has 1 amide bonds. The van der Waals surface area contributed by atoms with Crippen LogP contribution in [0.4, 0.5) is 0 Å². The van der Waals surface area contributed by atoms with Gasteiger partial charge in [-0.05, 0) is 42.5 Å². The third kappa shape index (κ3) is 4.18. The van der Waals surface area contributed by atoms with Gasteiger partial charge in [0.05, 0.1) is 5.41 Å². The highest BCUT2D eigenvalue weighted by molar-refractivity contribution is 5.91. The molecule has 0 unspecified atom stereocenters. The lowest BCUT2D eigenvalue weighted by molar-refractivity contribution is -0.139. The largest absolute Gasteiger partial charge is 0.482 e. The van der Waals surface area contributed by atoms with Crippen LogP contribution in [0.5, 0.6) is 5.75 Å². The molecule has 2 N–H and O–H groups in total. The summed E-state index contributed by atoms with van der Waals surface area (Å²) in [6.45, 7) is 0.222. The fourth-order valence-electron chi connectivity index (χ4n) is 2.92.